The van der Waals surface area contributed by atoms with E-state index in [2.05, 4.69) is 48.2 Å². The number of benzene rings is 2. The summed E-state index contributed by atoms with van der Waals surface area (Å²) in [4.78, 5) is 0. The van der Waals surface area contributed by atoms with Crippen molar-refractivity contribution in [1.29, 1.82) is 0 Å². The third-order valence-corrected chi connectivity index (χ3v) is 5.71. The molecular weight excluding hydrogens is 284 g/mol. The summed E-state index contributed by atoms with van der Waals surface area (Å²) in [5, 5.41) is 0.929. The molecule has 3 rings (SSSR count). The molecule has 0 bridgehead atoms. The van der Waals surface area contributed by atoms with Crippen LogP contribution in [0, 0.1) is 0 Å². The molecule has 0 amide bonds. The first-order chi connectivity index (χ1) is 9.85. The molecule has 1 atom stereocenters. The van der Waals surface area contributed by atoms with Crippen molar-refractivity contribution in [2.45, 2.75) is 11.0 Å². The topological polar surface area (TPSA) is 9.23 Å². The molecule has 2 aromatic rings. The Morgan fingerprint density at radius 1 is 1.05 bits per heavy atom. The highest BCUT2D eigenvalue weighted by Gasteiger charge is 2.21. The van der Waals surface area contributed by atoms with Crippen molar-refractivity contribution in [2.24, 2.45) is 0 Å². The summed E-state index contributed by atoms with van der Waals surface area (Å²) in [6, 6.07) is 17.1. The van der Waals surface area contributed by atoms with Gasteiger partial charge in [0.25, 0.3) is 0 Å². The zero-order valence-electron chi connectivity index (χ0n) is 11.5. The van der Waals surface area contributed by atoms with Crippen LogP contribution in [0.1, 0.15) is 5.56 Å². The molecular formula is C17H18OS2. The van der Waals surface area contributed by atoms with E-state index in [0.29, 0.717) is 0 Å². The summed E-state index contributed by atoms with van der Waals surface area (Å²) in [5.41, 5.74) is 3.91. The molecule has 20 heavy (non-hydrogen) atoms. The van der Waals surface area contributed by atoms with E-state index in [-0.39, 0.29) is 0 Å². The Morgan fingerprint density at radius 3 is 2.20 bits per heavy atom. The van der Waals surface area contributed by atoms with Crippen LogP contribution in [-0.2, 0) is 5.75 Å². The van der Waals surface area contributed by atoms with Gasteiger partial charge in [0.05, 0.1) is 7.11 Å². The molecule has 1 aliphatic heterocycles. The Bertz CT molecular complexity index is 544. The predicted octanol–water partition coefficient (Wildman–Crippen LogP) is 4.71. The quantitative estimate of drug-likeness (QED) is 0.715. The van der Waals surface area contributed by atoms with Gasteiger partial charge in [0.1, 0.15) is 5.75 Å². The van der Waals surface area contributed by atoms with Gasteiger partial charge in [-0.2, -0.15) is 23.5 Å². The molecule has 1 aliphatic rings. The van der Waals surface area contributed by atoms with E-state index >= 15 is 0 Å². The lowest BCUT2D eigenvalue weighted by Gasteiger charge is -2.06. The van der Waals surface area contributed by atoms with Gasteiger partial charge < -0.3 is 4.74 Å². The molecule has 1 saturated heterocycles. The van der Waals surface area contributed by atoms with E-state index in [4.69, 9.17) is 4.74 Å². The summed E-state index contributed by atoms with van der Waals surface area (Å²) < 4.78 is 5.19. The number of rotatable bonds is 6. The number of hydrogen-bond donors (Lipinski definition) is 0. The van der Waals surface area contributed by atoms with E-state index in [0.717, 1.165) is 16.8 Å². The SMILES string of the molecule is COc1ccc(-c2ccc(CSCC3CS3)cc2)cc1. The summed E-state index contributed by atoms with van der Waals surface area (Å²) >= 11 is 4.12. The molecule has 2 aromatic carbocycles. The van der Waals surface area contributed by atoms with Gasteiger partial charge in [-0.15, -0.1) is 0 Å². The van der Waals surface area contributed by atoms with Crippen LogP contribution in [0.4, 0.5) is 0 Å². The molecule has 1 nitrogen and oxygen atoms in total. The maximum atomic E-state index is 5.19. The second-order valence-corrected chi connectivity index (χ2v) is 7.26. The molecule has 0 N–H and O–H groups in total. The van der Waals surface area contributed by atoms with Crippen LogP contribution in [0.2, 0.25) is 0 Å². The molecule has 1 unspecified atom stereocenters. The van der Waals surface area contributed by atoms with Crippen molar-refractivity contribution < 1.29 is 4.74 Å². The van der Waals surface area contributed by atoms with Gasteiger partial charge in [-0.1, -0.05) is 36.4 Å². The molecule has 0 radical (unpaired) electrons. The normalized spacial score (nSPS) is 16.9. The lowest BCUT2D eigenvalue weighted by molar-refractivity contribution is 0.415. The Balaban J connectivity index is 1.61. The molecule has 1 heterocycles. The van der Waals surface area contributed by atoms with Crippen LogP contribution in [0.25, 0.3) is 11.1 Å². The predicted molar refractivity (Wildman–Crippen MR) is 90.8 cm³/mol. The molecule has 104 valence electrons. The van der Waals surface area contributed by atoms with Crippen molar-refractivity contribution in [2.75, 3.05) is 18.6 Å². The van der Waals surface area contributed by atoms with E-state index in [1.165, 1.54) is 28.2 Å². The number of ether oxygens (including phenoxy) is 1. The van der Waals surface area contributed by atoms with Crippen molar-refractivity contribution in [3.05, 3.63) is 54.1 Å². The number of methoxy groups -OCH3 is 1. The van der Waals surface area contributed by atoms with Gasteiger partial charge in [0.2, 0.25) is 0 Å². The maximum Gasteiger partial charge on any atom is 0.118 e. The second kappa shape index (κ2) is 6.59. The van der Waals surface area contributed by atoms with Gasteiger partial charge in [-0.25, -0.2) is 0 Å². The number of thioether (sulfide) groups is 2. The average Bonchev–Trinajstić information content (AvgIpc) is 3.32. The highest BCUT2D eigenvalue weighted by atomic mass is 32.2. The highest BCUT2D eigenvalue weighted by molar-refractivity contribution is 8.08. The van der Waals surface area contributed by atoms with Crippen molar-refractivity contribution >= 4 is 23.5 Å². The fourth-order valence-electron chi connectivity index (χ4n) is 2.05. The van der Waals surface area contributed by atoms with Crippen LogP contribution in [0.15, 0.2) is 48.5 Å². The summed E-state index contributed by atoms with van der Waals surface area (Å²) in [5.74, 6) is 4.69. The molecule has 0 spiro atoms. The van der Waals surface area contributed by atoms with Crippen LogP contribution in [0.3, 0.4) is 0 Å². The average molecular weight is 302 g/mol. The molecule has 0 saturated carbocycles. The third kappa shape index (κ3) is 3.74. The number of hydrogen-bond acceptors (Lipinski definition) is 3. The summed E-state index contributed by atoms with van der Waals surface area (Å²) in [6.45, 7) is 0. The monoisotopic (exact) mass is 302 g/mol. The first-order valence-electron chi connectivity index (χ1n) is 6.78. The van der Waals surface area contributed by atoms with Crippen molar-refractivity contribution in [1.82, 2.24) is 0 Å². The minimum Gasteiger partial charge on any atom is -0.497 e. The first kappa shape index (κ1) is 13.9. The van der Waals surface area contributed by atoms with Gasteiger partial charge >= 0.3 is 0 Å². The van der Waals surface area contributed by atoms with E-state index < -0.39 is 0 Å². The Hall–Kier alpha value is -1.06. The molecule has 0 aromatic heterocycles. The zero-order chi connectivity index (χ0) is 13.8. The van der Waals surface area contributed by atoms with Gasteiger partial charge in [0, 0.05) is 22.5 Å². The van der Waals surface area contributed by atoms with Crippen LogP contribution in [-0.4, -0.2) is 23.9 Å². The highest BCUT2D eigenvalue weighted by Crippen LogP contribution is 2.33. The summed E-state index contributed by atoms with van der Waals surface area (Å²) in [6.07, 6.45) is 0. The second-order valence-electron chi connectivity index (χ2n) is 4.90. The van der Waals surface area contributed by atoms with Gasteiger partial charge in [-0.05, 0) is 28.8 Å². The fourth-order valence-corrected chi connectivity index (χ4v) is 4.05. The Kier molecular flexibility index (Phi) is 4.58. The fraction of sp³-hybridized carbons (Fsp3) is 0.294. The van der Waals surface area contributed by atoms with Crippen LogP contribution >= 0.6 is 23.5 Å². The largest absolute Gasteiger partial charge is 0.497 e. The van der Waals surface area contributed by atoms with Crippen molar-refractivity contribution in [3.8, 4) is 16.9 Å². The lowest BCUT2D eigenvalue weighted by Crippen LogP contribution is -1.89. The molecule has 1 fully saturated rings. The van der Waals surface area contributed by atoms with E-state index in [9.17, 15) is 0 Å². The minimum atomic E-state index is 0.903. The maximum absolute atomic E-state index is 5.19. The Labute approximate surface area is 129 Å². The first-order valence-corrected chi connectivity index (χ1v) is 8.98. The molecule has 3 heteroatoms. The lowest BCUT2D eigenvalue weighted by atomic mass is 10.0. The van der Waals surface area contributed by atoms with Crippen LogP contribution in [0.5, 0.6) is 5.75 Å². The summed E-state index contributed by atoms with van der Waals surface area (Å²) in [7, 11) is 1.70. The smallest absolute Gasteiger partial charge is 0.118 e. The van der Waals surface area contributed by atoms with Gasteiger partial charge in [-0.3, -0.25) is 0 Å². The third-order valence-electron chi connectivity index (χ3n) is 3.35. The van der Waals surface area contributed by atoms with E-state index in [1.807, 2.05) is 23.9 Å². The van der Waals surface area contributed by atoms with Crippen molar-refractivity contribution in [3.63, 3.8) is 0 Å². The minimum absolute atomic E-state index is 0.903. The van der Waals surface area contributed by atoms with Gasteiger partial charge in [0.15, 0.2) is 0 Å². The zero-order valence-corrected chi connectivity index (χ0v) is 13.2. The van der Waals surface area contributed by atoms with Crippen LogP contribution < -0.4 is 4.74 Å². The standard InChI is InChI=1S/C17H18OS2/c1-18-16-8-6-15(7-9-16)14-4-2-13(3-5-14)10-19-11-17-12-20-17/h2-9,17H,10-12H2,1H3. The Morgan fingerprint density at radius 2 is 1.65 bits per heavy atom. The molecule has 0 aliphatic carbocycles. The van der Waals surface area contributed by atoms with E-state index in [1.54, 1.807) is 7.11 Å².